The molecule has 1 fully saturated rings. The minimum Gasteiger partial charge on any atom is -0.378 e. The van der Waals surface area contributed by atoms with Crippen LogP contribution in [0.15, 0.2) is 40.5 Å². The number of benzene rings is 1. The van der Waals surface area contributed by atoms with E-state index in [4.69, 9.17) is 16.6 Å². The number of carbonyl (C=O) groups is 1. The quantitative estimate of drug-likeness (QED) is 0.604. The average Bonchev–Trinajstić information content (AvgIpc) is 3.47. The van der Waals surface area contributed by atoms with Gasteiger partial charge in [0.2, 0.25) is 0 Å². The number of aromatic nitrogens is 2. The molecule has 6 nitrogen and oxygen atoms in total. The molecule has 5 rings (SSSR count). The third-order valence-corrected chi connectivity index (χ3v) is 7.68. The Bertz CT molecular complexity index is 1240. The second-order valence-electron chi connectivity index (χ2n) is 8.31. The van der Waals surface area contributed by atoms with E-state index < -0.39 is 17.8 Å². The van der Waals surface area contributed by atoms with Gasteiger partial charge < -0.3 is 15.0 Å². The summed E-state index contributed by atoms with van der Waals surface area (Å²) in [5.41, 5.74) is 0.437. The van der Waals surface area contributed by atoms with Crippen molar-refractivity contribution in [2.24, 2.45) is 0 Å². The van der Waals surface area contributed by atoms with Crippen LogP contribution in [0.3, 0.4) is 0 Å². The molecule has 1 aliphatic carbocycles. The highest BCUT2D eigenvalue weighted by Gasteiger charge is 2.49. The van der Waals surface area contributed by atoms with Crippen LogP contribution >= 0.6 is 22.9 Å². The van der Waals surface area contributed by atoms with Crippen LogP contribution in [0.2, 0.25) is 5.02 Å². The minimum absolute atomic E-state index is 0.0159. The van der Waals surface area contributed by atoms with Gasteiger partial charge in [0.05, 0.1) is 28.2 Å². The molecule has 3 heterocycles. The smallest absolute Gasteiger partial charge is 0.256 e. The summed E-state index contributed by atoms with van der Waals surface area (Å²) in [6.45, 7) is 0.349. The van der Waals surface area contributed by atoms with Crippen LogP contribution in [0.1, 0.15) is 52.9 Å². The van der Waals surface area contributed by atoms with E-state index >= 15 is 0 Å². The van der Waals surface area contributed by atoms with Crippen molar-refractivity contribution >= 4 is 28.8 Å². The molecular weight excluding hydrogens is 453 g/mol. The first-order valence-electron chi connectivity index (χ1n) is 10.5. The molecule has 0 saturated heterocycles. The summed E-state index contributed by atoms with van der Waals surface area (Å²) >= 11 is 7.45. The maximum absolute atomic E-state index is 14.3. The van der Waals surface area contributed by atoms with Crippen molar-refractivity contribution in [1.82, 2.24) is 14.9 Å². The van der Waals surface area contributed by atoms with E-state index in [1.807, 2.05) is 11.4 Å². The summed E-state index contributed by atoms with van der Waals surface area (Å²) in [5, 5.41) is 12.4. The Morgan fingerprint density at radius 3 is 2.84 bits per heavy atom. The Kier molecular flexibility index (Phi) is 5.39. The van der Waals surface area contributed by atoms with Crippen LogP contribution in [0.4, 0.5) is 4.39 Å². The van der Waals surface area contributed by atoms with Gasteiger partial charge in [-0.15, -0.1) is 11.3 Å². The van der Waals surface area contributed by atoms with Crippen molar-refractivity contribution in [3.63, 3.8) is 0 Å². The predicted octanol–water partition coefficient (Wildman–Crippen LogP) is 3.71. The Morgan fingerprint density at radius 1 is 1.31 bits per heavy atom. The van der Waals surface area contributed by atoms with E-state index in [2.05, 4.69) is 11.1 Å². The number of H-pyrrole nitrogens is 1. The molecule has 0 bridgehead atoms. The van der Waals surface area contributed by atoms with Gasteiger partial charge in [0, 0.05) is 17.0 Å². The zero-order chi connectivity index (χ0) is 22.5. The summed E-state index contributed by atoms with van der Waals surface area (Å²) in [6, 6.07) is 8.23. The molecule has 9 heteroatoms. The summed E-state index contributed by atoms with van der Waals surface area (Å²) < 4.78 is 14.3. The number of thiophene rings is 1. The van der Waals surface area contributed by atoms with Crippen LogP contribution in [-0.4, -0.2) is 32.4 Å². The van der Waals surface area contributed by atoms with Gasteiger partial charge in [-0.2, -0.15) is 0 Å². The maximum atomic E-state index is 14.3. The molecule has 1 saturated carbocycles. The molecule has 1 aliphatic heterocycles. The predicted molar refractivity (Wildman–Crippen MR) is 119 cm³/mol. The first-order valence-corrected chi connectivity index (χ1v) is 11.7. The third-order valence-electron chi connectivity index (χ3n) is 6.31. The summed E-state index contributed by atoms with van der Waals surface area (Å²) in [7, 11) is 0. The third kappa shape index (κ3) is 3.56. The van der Waals surface area contributed by atoms with E-state index in [1.165, 1.54) is 28.0 Å². The van der Waals surface area contributed by atoms with Gasteiger partial charge in [0.1, 0.15) is 11.6 Å². The molecule has 1 amide bonds. The van der Waals surface area contributed by atoms with Gasteiger partial charge >= 0.3 is 0 Å². The summed E-state index contributed by atoms with van der Waals surface area (Å²) in [5.74, 6) is -0.804. The lowest BCUT2D eigenvalue weighted by atomic mass is 10.0. The van der Waals surface area contributed by atoms with Crippen molar-refractivity contribution < 1.29 is 14.3 Å². The van der Waals surface area contributed by atoms with Crippen LogP contribution < -0.4 is 5.56 Å². The molecule has 166 valence electrons. The molecule has 3 aromatic rings. The molecule has 2 aliphatic rings. The van der Waals surface area contributed by atoms with Crippen molar-refractivity contribution in [2.75, 3.05) is 6.54 Å². The number of amides is 1. The normalized spacial score (nSPS) is 18.0. The fourth-order valence-electron chi connectivity index (χ4n) is 4.35. The molecule has 1 atom stereocenters. The molecule has 2 aromatic heterocycles. The standard InChI is InChI=1S/C23H21ClFN3O3S/c24-15-5-1-4-13(18(15)25)19(29)21(31)28-10-2-6-16-14(12-28)20(30)27-22(26-16)23(8-9-23)17-7-3-11-32-17/h1,3-5,7,11,19,29H,2,6,8-10,12H2,(H,26,27,30). The number of aliphatic hydroxyl groups excluding tert-OH is 1. The number of rotatable bonds is 4. The number of carbonyl (C=O) groups excluding carboxylic acids is 1. The molecule has 0 radical (unpaired) electrons. The SMILES string of the molecule is O=C(C(O)c1cccc(Cl)c1F)N1CCCc2nc(C3(c4cccs4)CC3)[nH]c(=O)c2C1. The molecule has 1 aromatic carbocycles. The molecule has 32 heavy (non-hydrogen) atoms. The molecular formula is C23H21ClFN3O3S. The van der Waals surface area contributed by atoms with Crippen LogP contribution in [-0.2, 0) is 23.2 Å². The van der Waals surface area contributed by atoms with Gasteiger partial charge in [0.15, 0.2) is 6.10 Å². The van der Waals surface area contributed by atoms with Gasteiger partial charge in [-0.05, 0) is 43.2 Å². The lowest BCUT2D eigenvalue weighted by molar-refractivity contribution is -0.141. The van der Waals surface area contributed by atoms with Gasteiger partial charge in [-0.1, -0.05) is 29.8 Å². The number of aliphatic hydroxyl groups is 1. The minimum atomic E-state index is -1.70. The monoisotopic (exact) mass is 473 g/mol. The number of hydrogen-bond acceptors (Lipinski definition) is 5. The van der Waals surface area contributed by atoms with Crippen molar-refractivity contribution in [1.29, 1.82) is 0 Å². The zero-order valence-corrected chi connectivity index (χ0v) is 18.7. The highest BCUT2D eigenvalue weighted by atomic mass is 35.5. The number of aromatic amines is 1. The lowest BCUT2D eigenvalue weighted by Crippen LogP contribution is -2.37. The van der Waals surface area contributed by atoms with Crippen molar-refractivity contribution in [3.8, 4) is 0 Å². The van der Waals surface area contributed by atoms with E-state index in [1.54, 1.807) is 11.3 Å². The lowest BCUT2D eigenvalue weighted by Gasteiger charge is -2.24. The number of hydrogen-bond donors (Lipinski definition) is 2. The first kappa shape index (κ1) is 21.3. The van der Waals surface area contributed by atoms with E-state index in [9.17, 15) is 19.1 Å². The Morgan fingerprint density at radius 2 is 2.12 bits per heavy atom. The number of aryl methyl sites for hydroxylation is 1. The highest BCUT2D eigenvalue weighted by molar-refractivity contribution is 7.10. The number of halogens is 2. The Balaban J connectivity index is 1.43. The van der Waals surface area contributed by atoms with Crippen LogP contribution in [0.5, 0.6) is 0 Å². The average molecular weight is 474 g/mol. The second kappa shape index (κ2) is 8.10. The molecule has 0 spiro atoms. The molecule has 1 unspecified atom stereocenters. The van der Waals surface area contributed by atoms with Gasteiger partial charge in [-0.25, -0.2) is 9.37 Å². The van der Waals surface area contributed by atoms with E-state index in [-0.39, 0.29) is 28.1 Å². The Hall–Kier alpha value is -2.55. The number of nitrogens with one attached hydrogen (secondary N) is 1. The topological polar surface area (TPSA) is 86.3 Å². The largest absolute Gasteiger partial charge is 0.378 e. The first-order chi connectivity index (χ1) is 15.4. The second-order valence-corrected chi connectivity index (χ2v) is 9.66. The van der Waals surface area contributed by atoms with E-state index in [0.29, 0.717) is 36.5 Å². The number of nitrogens with zero attached hydrogens (tertiary/aromatic N) is 2. The van der Waals surface area contributed by atoms with Crippen molar-refractivity contribution in [3.05, 3.63) is 84.4 Å². The number of fused-ring (bicyclic) bond motifs is 1. The maximum Gasteiger partial charge on any atom is 0.256 e. The summed E-state index contributed by atoms with van der Waals surface area (Å²) in [4.78, 5) is 36.3. The van der Waals surface area contributed by atoms with Crippen LogP contribution in [0, 0.1) is 5.82 Å². The highest BCUT2D eigenvalue weighted by Crippen LogP contribution is 2.53. The fraction of sp³-hybridized carbons (Fsp3) is 0.348. The summed E-state index contributed by atoms with van der Waals surface area (Å²) in [6.07, 6.45) is 1.33. The van der Waals surface area contributed by atoms with E-state index in [0.717, 1.165) is 12.8 Å². The van der Waals surface area contributed by atoms with Crippen molar-refractivity contribution in [2.45, 2.75) is 43.7 Å². The molecule has 2 N–H and O–H groups in total. The Labute approximate surface area is 192 Å². The van der Waals surface area contributed by atoms with Crippen LogP contribution in [0.25, 0.3) is 0 Å². The fourth-order valence-corrected chi connectivity index (χ4v) is 5.52. The van der Waals surface area contributed by atoms with Gasteiger partial charge in [0.25, 0.3) is 11.5 Å². The zero-order valence-electron chi connectivity index (χ0n) is 17.1. The van der Waals surface area contributed by atoms with Gasteiger partial charge in [-0.3, -0.25) is 9.59 Å².